The zero-order valence-electron chi connectivity index (χ0n) is 14.9. The second-order valence-corrected chi connectivity index (χ2v) is 6.14. The molecule has 11 heteroatoms. The molecule has 11 nitrogen and oxygen atoms in total. The summed E-state index contributed by atoms with van der Waals surface area (Å²) >= 11 is 0. The van der Waals surface area contributed by atoms with Gasteiger partial charge in [0, 0.05) is 20.3 Å². The van der Waals surface area contributed by atoms with Crippen LogP contribution in [0.3, 0.4) is 0 Å². The molecule has 0 aromatic carbocycles. The van der Waals surface area contributed by atoms with Gasteiger partial charge in [-0.15, -0.1) is 0 Å². The Labute approximate surface area is 154 Å². The summed E-state index contributed by atoms with van der Waals surface area (Å²) in [5.41, 5.74) is 11.0. The Balaban J connectivity index is 1.99. The van der Waals surface area contributed by atoms with Gasteiger partial charge in [0.05, 0.1) is 6.33 Å². The van der Waals surface area contributed by atoms with Gasteiger partial charge in [0.2, 0.25) is 5.95 Å². The van der Waals surface area contributed by atoms with E-state index in [4.69, 9.17) is 25.7 Å². The molecule has 1 aliphatic rings. The lowest BCUT2D eigenvalue weighted by Gasteiger charge is -2.29. The summed E-state index contributed by atoms with van der Waals surface area (Å²) < 4.78 is 18.2. The van der Waals surface area contributed by atoms with E-state index in [2.05, 4.69) is 21.5 Å². The Kier molecular flexibility index (Phi) is 4.70. The molecule has 4 N–H and O–H groups in total. The minimum Gasteiger partial charge on any atom is -0.462 e. The van der Waals surface area contributed by atoms with Gasteiger partial charge in [-0.1, -0.05) is 12.7 Å². The van der Waals surface area contributed by atoms with Crippen molar-refractivity contribution in [3.63, 3.8) is 0 Å². The van der Waals surface area contributed by atoms with Gasteiger partial charge >= 0.3 is 11.9 Å². The first kappa shape index (κ1) is 18.6. The van der Waals surface area contributed by atoms with Crippen LogP contribution in [0.1, 0.15) is 26.5 Å². The summed E-state index contributed by atoms with van der Waals surface area (Å²) in [6, 6.07) is 0. The number of fused-ring (bicyclic) bond motifs is 1. The van der Waals surface area contributed by atoms with E-state index in [1.54, 1.807) is 4.57 Å². The fraction of sp³-hybridized carbons (Fsp3) is 0.438. The number of nitrogens with two attached hydrogens (primary N) is 2. The van der Waals surface area contributed by atoms with Crippen LogP contribution < -0.4 is 11.5 Å². The van der Waals surface area contributed by atoms with E-state index in [9.17, 15) is 9.59 Å². The van der Waals surface area contributed by atoms with Crippen molar-refractivity contribution in [1.29, 1.82) is 0 Å². The van der Waals surface area contributed by atoms with Gasteiger partial charge in [-0.25, -0.2) is 4.98 Å². The fourth-order valence-corrected chi connectivity index (χ4v) is 3.02. The molecule has 2 aromatic heterocycles. The molecule has 0 bridgehead atoms. The lowest BCUT2D eigenvalue weighted by atomic mass is 9.97. The lowest BCUT2D eigenvalue weighted by molar-refractivity contribution is -0.165. The molecule has 3 atom stereocenters. The number of nitrogen functional groups attached to an aromatic ring is 2. The predicted octanol–water partition coefficient (Wildman–Crippen LogP) is 0.329. The molecule has 144 valence electrons. The first-order valence-corrected chi connectivity index (χ1v) is 8.13. The average molecular weight is 376 g/mol. The summed E-state index contributed by atoms with van der Waals surface area (Å²) in [6.45, 7) is 6.16. The number of rotatable bonds is 5. The number of imidazole rings is 1. The van der Waals surface area contributed by atoms with Crippen molar-refractivity contribution in [2.75, 3.05) is 18.1 Å². The zero-order valence-corrected chi connectivity index (χ0v) is 14.9. The molecule has 1 fully saturated rings. The molecule has 0 radical (unpaired) electrons. The minimum absolute atomic E-state index is 0.00817. The van der Waals surface area contributed by atoms with Gasteiger partial charge in [0.25, 0.3) is 0 Å². The van der Waals surface area contributed by atoms with Gasteiger partial charge in [-0.05, 0) is 0 Å². The van der Waals surface area contributed by atoms with Crippen molar-refractivity contribution in [1.82, 2.24) is 19.5 Å². The SMILES string of the molecule is C=C[C@]1(COC(C)=O)O[C@@H](n2cnc3c(N)nc(N)nc32)C[C@@H]1OC(C)=O. The molecule has 0 spiro atoms. The van der Waals surface area contributed by atoms with Crippen molar-refractivity contribution in [2.45, 2.75) is 38.2 Å². The normalized spacial score (nSPS) is 24.7. The number of nitrogens with zero attached hydrogens (tertiary/aromatic N) is 4. The summed E-state index contributed by atoms with van der Waals surface area (Å²) in [6.07, 6.45) is 1.82. The highest BCUT2D eigenvalue weighted by molar-refractivity contribution is 5.82. The smallest absolute Gasteiger partial charge is 0.303 e. The fourth-order valence-electron chi connectivity index (χ4n) is 3.02. The molecular formula is C16H20N6O5. The maximum absolute atomic E-state index is 11.5. The Hall–Kier alpha value is -3.21. The van der Waals surface area contributed by atoms with Crippen LogP contribution in [-0.4, -0.2) is 49.8 Å². The first-order chi connectivity index (χ1) is 12.8. The van der Waals surface area contributed by atoms with Crippen LogP contribution in [-0.2, 0) is 23.8 Å². The monoisotopic (exact) mass is 376 g/mol. The van der Waals surface area contributed by atoms with E-state index in [-0.39, 0.29) is 24.8 Å². The van der Waals surface area contributed by atoms with Gasteiger partial charge in [-0.3, -0.25) is 14.2 Å². The highest BCUT2D eigenvalue weighted by atomic mass is 16.6. The highest BCUT2D eigenvalue weighted by Gasteiger charge is 2.51. The Bertz CT molecular complexity index is 912. The van der Waals surface area contributed by atoms with Crippen LogP contribution in [0.5, 0.6) is 0 Å². The second kappa shape index (κ2) is 6.83. The van der Waals surface area contributed by atoms with Crippen molar-refractivity contribution in [3.8, 4) is 0 Å². The maximum atomic E-state index is 11.5. The van der Waals surface area contributed by atoms with Gasteiger partial charge in [-0.2, -0.15) is 9.97 Å². The molecule has 1 aliphatic heterocycles. The molecule has 27 heavy (non-hydrogen) atoms. The number of hydrogen-bond donors (Lipinski definition) is 2. The number of esters is 2. The van der Waals surface area contributed by atoms with Crippen LogP contribution in [0.2, 0.25) is 0 Å². The zero-order chi connectivity index (χ0) is 19.8. The summed E-state index contributed by atoms with van der Waals surface area (Å²) in [5, 5.41) is 0. The molecule has 1 saturated heterocycles. The van der Waals surface area contributed by atoms with Gasteiger partial charge < -0.3 is 25.7 Å². The molecule has 0 amide bonds. The van der Waals surface area contributed by atoms with Crippen LogP contribution in [0.25, 0.3) is 11.2 Å². The lowest BCUT2D eigenvalue weighted by Crippen LogP contribution is -2.44. The van der Waals surface area contributed by atoms with Crippen molar-refractivity contribution >= 4 is 34.9 Å². The van der Waals surface area contributed by atoms with Crippen molar-refractivity contribution in [2.24, 2.45) is 0 Å². The first-order valence-electron chi connectivity index (χ1n) is 8.13. The van der Waals surface area contributed by atoms with Gasteiger partial charge in [0.1, 0.15) is 24.5 Å². The highest BCUT2D eigenvalue weighted by Crippen LogP contribution is 2.41. The number of carbonyl (C=O) groups is 2. The maximum Gasteiger partial charge on any atom is 0.303 e. The van der Waals surface area contributed by atoms with Crippen LogP contribution in [0.15, 0.2) is 19.0 Å². The van der Waals surface area contributed by atoms with Crippen molar-refractivity contribution in [3.05, 3.63) is 19.0 Å². The second-order valence-electron chi connectivity index (χ2n) is 6.14. The summed E-state index contributed by atoms with van der Waals surface area (Å²) in [5.74, 6) is -0.859. The molecule has 0 saturated carbocycles. The molecule has 0 aliphatic carbocycles. The average Bonchev–Trinajstić information content (AvgIpc) is 3.14. The quantitative estimate of drug-likeness (QED) is 0.550. The molecular weight excluding hydrogens is 356 g/mol. The summed E-state index contributed by atoms with van der Waals surface area (Å²) in [7, 11) is 0. The minimum atomic E-state index is -1.22. The van der Waals surface area contributed by atoms with E-state index in [1.165, 1.54) is 26.3 Å². The van der Waals surface area contributed by atoms with E-state index in [1.807, 2.05) is 0 Å². The number of hydrogen-bond acceptors (Lipinski definition) is 10. The van der Waals surface area contributed by atoms with Crippen LogP contribution >= 0.6 is 0 Å². The van der Waals surface area contributed by atoms with Gasteiger partial charge in [0.15, 0.2) is 17.1 Å². The Morgan fingerprint density at radius 1 is 1.41 bits per heavy atom. The number of carbonyl (C=O) groups excluding carboxylic acids is 2. The van der Waals surface area contributed by atoms with E-state index in [0.29, 0.717) is 11.2 Å². The topological polar surface area (TPSA) is 157 Å². The molecule has 3 heterocycles. The number of anilines is 2. The molecule has 0 unspecified atom stereocenters. The Morgan fingerprint density at radius 2 is 2.15 bits per heavy atom. The summed E-state index contributed by atoms with van der Waals surface area (Å²) in [4.78, 5) is 35.0. The van der Waals surface area contributed by atoms with E-state index < -0.39 is 29.9 Å². The standard InChI is InChI=1S/C16H20N6O5/c1-4-16(6-25-8(2)23)10(26-9(3)24)5-11(27-16)22-7-19-12-13(17)20-15(18)21-14(12)22/h4,7,10-11H,1,5-6H2,2-3H3,(H4,17,18,20,21)/t10-,11+,16+/m0/s1. The van der Waals surface area contributed by atoms with Crippen molar-refractivity contribution < 1.29 is 23.8 Å². The third-order valence-electron chi connectivity index (χ3n) is 4.25. The van der Waals surface area contributed by atoms with Crippen LogP contribution in [0, 0.1) is 0 Å². The number of aromatic nitrogens is 4. The largest absolute Gasteiger partial charge is 0.462 e. The molecule has 3 rings (SSSR count). The third-order valence-corrected chi connectivity index (χ3v) is 4.25. The van der Waals surface area contributed by atoms with E-state index >= 15 is 0 Å². The Morgan fingerprint density at radius 3 is 2.78 bits per heavy atom. The van der Waals surface area contributed by atoms with Crippen LogP contribution in [0.4, 0.5) is 11.8 Å². The predicted molar refractivity (Wildman–Crippen MR) is 94.0 cm³/mol. The molecule has 2 aromatic rings. The van der Waals surface area contributed by atoms with E-state index in [0.717, 1.165) is 0 Å². The third kappa shape index (κ3) is 3.40. The number of ether oxygens (including phenoxy) is 3.